The number of rotatable bonds is 6. The van der Waals surface area contributed by atoms with Crippen LogP contribution in [-0.2, 0) is 55.2 Å². The quantitative estimate of drug-likeness (QED) is 0.214. The zero-order valence-electron chi connectivity index (χ0n) is 26.3. The fraction of sp³-hybridized carbons (Fsp3) is 0.818. The molecule has 2 nitrogen and oxygen atoms in total. The molecule has 0 saturated heterocycles. The van der Waals surface area contributed by atoms with E-state index in [9.17, 15) is 0 Å². The van der Waals surface area contributed by atoms with Crippen LogP contribution >= 0.6 is 0 Å². The maximum absolute atomic E-state index is 7.81. The summed E-state index contributed by atoms with van der Waals surface area (Å²) in [4.78, 5) is 2.62. The van der Waals surface area contributed by atoms with Crippen LogP contribution < -0.4 is 0 Å². The maximum atomic E-state index is 7.81. The molecule has 0 radical (unpaired) electrons. The molecule has 38 heavy (non-hydrogen) atoms. The van der Waals surface area contributed by atoms with E-state index in [1.807, 2.05) is 0 Å². The van der Waals surface area contributed by atoms with E-state index >= 15 is 0 Å². The minimum Gasteiger partial charge on any atom is -0.399 e. The van der Waals surface area contributed by atoms with Crippen LogP contribution in [0.25, 0.3) is 0 Å². The van der Waals surface area contributed by atoms with Gasteiger partial charge in [0, 0.05) is 6.61 Å². The molecule has 0 unspecified atom stereocenters. The molecule has 0 aromatic carbocycles. The Morgan fingerprint density at radius 3 is 0.921 bits per heavy atom. The molecule has 4 rings (SSSR count). The number of hydrogen-bond donors (Lipinski definition) is 1. The van der Waals surface area contributed by atoms with Crippen molar-refractivity contribution >= 4 is 0 Å². The van der Waals surface area contributed by atoms with Crippen LogP contribution in [0.15, 0.2) is 0 Å². The van der Waals surface area contributed by atoms with Crippen LogP contribution in [0.1, 0.15) is 136 Å². The van der Waals surface area contributed by atoms with E-state index in [1.54, 1.807) is 13.8 Å². The fourth-order valence-corrected chi connectivity index (χ4v) is 5.14. The maximum Gasteiger partial charge on any atom is 2.00 e. The van der Waals surface area contributed by atoms with Gasteiger partial charge in [-0.1, -0.05) is 89.9 Å². The summed E-state index contributed by atoms with van der Waals surface area (Å²) >= 11 is 0. The summed E-state index contributed by atoms with van der Waals surface area (Å²) in [7, 11) is 0. The van der Waals surface area contributed by atoms with Crippen molar-refractivity contribution in [2.45, 2.75) is 136 Å². The van der Waals surface area contributed by atoms with Crippen molar-refractivity contribution in [2.75, 3.05) is 26.2 Å². The van der Waals surface area contributed by atoms with E-state index in [-0.39, 0.29) is 76.7 Å². The SMILES string of the molecule is C1CCCC1.C1CCCC1.[CH2-]C.[CH2-]C.[CH2-]CCO.[CH2-]CN(CC1CCCC1)CC1CCCC1.[CH3-].[CH3-].[Fe+2].[Fe+2].[W+2]. The molecule has 0 aromatic rings. The predicted molar refractivity (Wildman–Crippen MR) is 164 cm³/mol. The van der Waals surface area contributed by atoms with Gasteiger partial charge in [0.1, 0.15) is 0 Å². The summed E-state index contributed by atoms with van der Waals surface area (Å²) in [6, 6.07) is 0. The average Bonchev–Trinajstić information content (AvgIpc) is 3.71. The Morgan fingerprint density at radius 1 is 0.553 bits per heavy atom. The third kappa shape index (κ3) is 37.6. The van der Waals surface area contributed by atoms with Gasteiger partial charge in [0.2, 0.25) is 0 Å². The van der Waals surface area contributed by atoms with Gasteiger partial charge in [-0.15, -0.1) is 6.54 Å². The van der Waals surface area contributed by atoms with Crippen molar-refractivity contribution in [2.24, 2.45) is 11.8 Å². The number of nitrogens with zero attached hydrogens (tertiary/aromatic N) is 1. The molecule has 5 heteroatoms. The molecule has 4 aliphatic carbocycles. The molecule has 4 fully saturated rings. The van der Waals surface area contributed by atoms with Crippen molar-refractivity contribution in [1.29, 1.82) is 0 Å². The molecule has 1 N–H and O–H groups in total. The van der Waals surface area contributed by atoms with Crippen LogP contribution in [0, 0.1) is 54.4 Å². The van der Waals surface area contributed by atoms with Gasteiger partial charge in [-0.2, -0.15) is 20.3 Å². The van der Waals surface area contributed by atoms with Gasteiger partial charge in [0.15, 0.2) is 0 Å². The molecule has 4 aliphatic rings. The van der Waals surface area contributed by atoms with E-state index in [1.165, 1.54) is 129 Å². The summed E-state index contributed by atoms with van der Waals surface area (Å²) in [5.74, 6) is 1.99. The zero-order valence-corrected chi connectivity index (χ0v) is 31.4. The first-order chi connectivity index (χ1) is 16.3. The number of hydrogen-bond acceptors (Lipinski definition) is 2. The van der Waals surface area contributed by atoms with Gasteiger partial charge in [-0.3, -0.25) is 0 Å². The third-order valence-corrected chi connectivity index (χ3v) is 6.96. The molecular formula is C33H69Fe2NOW. The van der Waals surface area contributed by atoms with Crippen molar-refractivity contribution < 1.29 is 60.3 Å². The number of aliphatic hydroxyl groups excluding tert-OH is 1. The van der Waals surface area contributed by atoms with Crippen LogP contribution in [0.2, 0.25) is 0 Å². The van der Waals surface area contributed by atoms with Gasteiger partial charge in [0.25, 0.3) is 0 Å². The second-order valence-electron chi connectivity index (χ2n) is 9.67. The molecule has 4 saturated carbocycles. The standard InChI is InChI=1S/C14H26N.2C5H10.C3H7O.2C2H5.2CH3.2Fe.W/c1-2-15(11-13-7-3-4-8-13)12-14-9-5-6-10-14;2*1-2-4-5-3-1;1-2-3-4;2*1-2;;;;;/h13-14H,1-12H2;2*1-5H2;4H,1-3H2;2*1H2,2H3;2*1H3;;;/q-1;;;5*-1;3*+2. The summed E-state index contributed by atoms with van der Waals surface area (Å²) < 4.78 is 0. The molecule has 0 spiro atoms. The second kappa shape index (κ2) is 48.4. The van der Waals surface area contributed by atoms with Crippen molar-refractivity contribution in [3.8, 4) is 0 Å². The summed E-state index contributed by atoms with van der Waals surface area (Å²) in [5, 5.41) is 7.81. The summed E-state index contributed by atoms with van der Waals surface area (Å²) in [5.41, 5.74) is 0. The third-order valence-electron chi connectivity index (χ3n) is 6.96. The number of aliphatic hydroxyl groups is 1. The Labute approximate surface area is 280 Å². The molecular weight excluding hydrogens is 722 g/mol. The molecule has 0 atom stereocenters. The van der Waals surface area contributed by atoms with E-state index in [0.717, 1.165) is 18.4 Å². The van der Waals surface area contributed by atoms with E-state index < -0.39 is 0 Å². The van der Waals surface area contributed by atoms with E-state index in [0.29, 0.717) is 6.42 Å². The first-order valence-corrected chi connectivity index (χ1v) is 14.6. The second-order valence-corrected chi connectivity index (χ2v) is 9.67. The van der Waals surface area contributed by atoms with Crippen LogP contribution in [0.4, 0.5) is 0 Å². The predicted octanol–water partition coefficient (Wildman–Crippen LogP) is 10.2. The van der Waals surface area contributed by atoms with Gasteiger partial charge >= 0.3 is 55.2 Å². The van der Waals surface area contributed by atoms with Gasteiger partial charge < -0.3 is 52.6 Å². The topological polar surface area (TPSA) is 23.5 Å². The molecule has 0 amide bonds. The Morgan fingerprint density at radius 2 is 0.763 bits per heavy atom. The fourth-order valence-electron chi connectivity index (χ4n) is 5.14. The van der Waals surface area contributed by atoms with Gasteiger partial charge in [-0.05, 0) is 50.6 Å². The Bertz CT molecular complexity index is 286. The van der Waals surface area contributed by atoms with Crippen molar-refractivity contribution in [3.05, 3.63) is 42.5 Å². The van der Waals surface area contributed by atoms with Crippen molar-refractivity contribution in [3.63, 3.8) is 0 Å². The summed E-state index contributed by atoms with van der Waals surface area (Å²) in [6.45, 7) is 21.3. The van der Waals surface area contributed by atoms with E-state index in [2.05, 4.69) is 32.6 Å². The van der Waals surface area contributed by atoms with Crippen LogP contribution in [-0.4, -0.2) is 36.2 Å². The minimum absolute atomic E-state index is 0. The first-order valence-electron chi connectivity index (χ1n) is 14.6. The minimum atomic E-state index is 0. The molecule has 234 valence electrons. The molecule has 0 bridgehead atoms. The summed E-state index contributed by atoms with van der Waals surface area (Å²) in [6.07, 6.45) is 27.4. The Kier molecular flexibility index (Phi) is 70.7. The van der Waals surface area contributed by atoms with Crippen LogP contribution in [0.3, 0.4) is 0 Å². The van der Waals surface area contributed by atoms with Gasteiger partial charge in [-0.25, -0.2) is 0 Å². The molecule has 0 aliphatic heterocycles. The Balaban J connectivity index is -0.0000000708. The molecule has 0 heterocycles. The van der Waals surface area contributed by atoms with E-state index in [4.69, 9.17) is 5.11 Å². The first kappa shape index (κ1) is 55.6. The van der Waals surface area contributed by atoms with Crippen molar-refractivity contribution in [1.82, 2.24) is 4.90 Å². The smallest absolute Gasteiger partial charge is 0.399 e. The average molecular weight is 791 g/mol. The normalized spacial score (nSPS) is 17.1. The molecule has 0 aromatic heterocycles. The van der Waals surface area contributed by atoms with Crippen LogP contribution in [0.5, 0.6) is 0 Å². The monoisotopic (exact) mass is 791 g/mol. The van der Waals surface area contributed by atoms with Gasteiger partial charge in [0.05, 0.1) is 0 Å². The largest absolute Gasteiger partial charge is 2.00 e. The Hall–Kier alpha value is 1.65. The zero-order chi connectivity index (χ0) is 25.0.